The monoisotopic (exact) mass is 346 g/mol. The molecule has 1 N–H and O–H groups in total. The van der Waals surface area contributed by atoms with Crippen molar-refractivity contribution in [1.29, 1.82) is 0 Å². The van der Waals surface area contributed by atoms with E-state index in [0.29, 0.717) is 13.1 Å². The molecule has 1 aliphatic rings. The maximum Gasteiger partial charge on any atom is 0.243 e. The number of hydrogen-bond donors (Lipinski definition) is 1. The Hall–Kier alpha value is -0.920. The number of sulfonamides is 1. The van der Waals surface area contributed by atoms with Gasteiger partial charge in [0.1, 0.15) is 6.04 Å². The third-order valence-electron chi connectivity index (χ3n) is 3.18. The largest absolute Gasteiger partial charge is 0.353 e. The van der Waals surface area contributed by atoms with Gasteiger partial charge in [0.05, 0.1) is 4.90 Å². The Morgan fingerprint density at radius 1 is 1.42 bits per heavy atom. The molecule has 0 radical (unpaired) electrons. The van der Waals surface area contributed by atoms with Gasteiger partial charge in [-0.05, 0) is 37.6 Å². The summed E-state index contributed by atoms with van der Waals surface area (Å²) in [6.45, 7) is 4.06. The predicted octanol–water partition coefficient (Wildman–Crippen LogP) is 1.27. The molecule has 2 rings (SSSR count). The van der Waals surface area contributed by atoms with Gasteiger partial charge in [-0.2, -0.15) is 4.31 Å². The second-order valence-corrected chi connectivity index (χ2v) is 7.24. The Bertz CT molecular complexity index is 615. The number of piperazine rings is 1. The van der Waals surface area contributed by atoms with Crippen molar-refractivity contribution < 1.29 is 13.2 Å². The summed E-state index contributed by atoms with van der Waals surface area (Å²) in [7, 11) is -3.63. The third-order valence-corrected chi connectivity index (χ3v) is 6.03. The minimum atomic E-state index is -3.63. The molecule has 1 aromatic carbocycles. The van der Waals surface area contributed by atoms with Crippen LogP contribution in [0.2, 0.25) is 0 Å². The predicted molar refractivity (Wildman–Crippen MR) is 75.2 cm³/mol. The Morgan fingerprint density at radius 3 is 2.74 bits per heavy atom. The normalized spacial score (nSPS) is 21.2. The van der Waals surface area contributed by atoms with Crippen LogP contribution in [0.4, 0.5) is 0 Å². The van der Waals surface area contributed by atoms with E-state index in [1.54, 1.807) is 25.1 Å². The van der Waals surface area contributed by atoms with Crippen LogP contribution in [0, 0.1) is 6.92 Å². The maximum atomic E-state index is 12.5. The molecule has 0 bridgehead atoms. The van der Waals surface area contributed by atoms with Crippen LogP contribution in [0.1, 0.15) is 12.5 Å². The van der Waals surface area contributed by atoms with E-state index in [1.807, 2.05) is 6.92 Å². The molecule has 104 valence electrons. The highest BCUT2D eigenvalue weighted by Gasteiger charge is 2.35. The van der Waals surface area contributed by atoms with Crippen molar-refractivity contribution in [3.05, 3.63) is 28.2 Å². The maximum absolute atomic E-state index is 12.5. The second-order valence-electron chi connectivity index (χ2n) is 4.49. The lowest BCUT2D eigenvalue weighted by molar-refractivity contribution is -0.126. The van der Waals surface area contributed by atoms with E-state index in [4.69, 9.17) is 0 Å². The van der Waals surface area contributed by atoms with Gasteiger partial charge in [0.15, 0.2) is 0 Å². The standard InChI is InChI=1S/C12H15BrN2O3S/c1-8-7-10(3-4-11(8)13)19(17,18)15-6-5-14-12(16)9(15)2/h3-4,7,9H,5-6H2,1-2H3,(H,14,16)/t9-/m0/s1. The number of nitrogens with zero attached hydrogens (tertiary/aromatic N) is 1. The SMILES string of the molecule is Cc1cc(S(=O)(=O)N2CCNC(=O)[C@@H]2C)ccc1Br. The van der Waals surface area contributed by atoms with E-state index in [-0.39, 0.29) is 10.8 Å². The Labute approximate surface area is 121 Å². The van der Waals surface area contributed by atoms with Crippen LogP contribution in [0.5, 0.6) is 0 Å². The van der Waals surface area contributed by atoms with Gasteiger partial charge < -0.3 is 5.32 Å². The van der Waals surface area contributed by atoms with E-state index in [1.165, 1.54) is 4.31 Å². The van der Waals surface area contributed by atoms with Gasteiger partial charge in [-0.15, -0.1) is 0 Å². The topological polar surface area (TPSA) is 66.5 Å². The van der Waals surface area contributed by atoms with Crippen LogP contribution in [0.15, 0.2) is 27.6 Å². The fourth-order valence-electron chi connectivity index (χ4n) is 2.00. The fourth-order valence-corrected chi connectivity index (χ4v) is 3.93. The Kier molecular flexibility index (Phi) is 3.98. The lowest BCUT2D eigenvalue weighted by Crippen LogP contribution is -2.55. The average molecular weight is 347 g/mol. The summed E-state index contributed by atoms with van der Waals surface area (Å²) in [6, 6.07) is 4.18. The van der Waals surface area contributed by atoms with Crippen LogP contribution in [0.25, 0.3) is 0 Å². The highest BCUT2D eigenvalue weighted by Crippen LogP contribution is 2.24. The number of carbonyl (C=O) groups excluding carboxylic acids is 1. The van der Waals surface area contributed by atoms with E-state index in [0.717, 1.165) is 10.0 Å². The van der Waals surface area contributed by atoms with Crippen molar-refractivity contribution in [3.63, 3.8) is 0 Å². The van der Waals surface area contributed by atoms with E-state index in [2.05, 4.69) is 21.2 Å². The second kappa shape index (κ2) is 5.22. The van der Waals surface area contributed by atoms with Crippen LogP contribution >= 0.6 is 15.9 Å². The summed E-state index contributed by atoms with van der Waals surface area (Å²) >= 11 is 3.34. The number of nitrogens with one attached hydrogen (secondary N) is 1. The van der Waals surface area contributed by atoms with Gasteiger partial charge in [0, 0.05) is 17.6 Å². The summed E-state index contributed by atoms with van der Waals surface area (Å²) < 4.78 is 27.2. The fraction of sp³-hybridized carbons (Fsp3) is 0.417. The molecule has 1 fully saturated rings. The summed E-state index contributed by atoms with van der Waals surface area (Å²) in [6.07, 6.45) is 0. The average Bonchev–Trinajstić information content (AvgIpc) is 2.35. The highest BCUT2D eigenvalue weighted by atomic mass is 79.9. The first kappa shape index (κ1) is 14.5. The van der Waals surface area contributed by atoms with Crippen molar-refractivity contribution in [2.24, 2.45) is 0 Å². The van der Waals surface area contributed by atoms with Crippen molar-refractivity contribution >= 4 is 31.9 Å². The first-order valence-corrected chi connectivity index (χ1v) is 8.13. The van der Waals surface area contributed by atoms with Crippen LogP contribution in [0.3, 0.4) is 0 Å². The first-order valence-electron chi connectivity index (χ1n) is 5.90. The molecule has 1 aromatic rings. The molecule has 1 amide bonds. The molecule has 0 unspecified atom stereocenters. The molecule has 5 nitrogen and oxygen atoms in total. The minimum Gasteiger partial charge on any atom is -0.353 e. The lowest BCUT2D eigenvalue weighted by atomic mass is 10.2. The van der Waals surface area contributed by atoms with E-state index >= 15 is 0 Å². The number of halogens is 1. The molecule has 0 aliphatic carbocycles. The van der Waals surface area contributed by atoms with Gasteiger partial charge in [-0.25, -0.2) is 8.42 Å². The van der Waals surface area contributed by atoms with Gasteiger partial charge in [0.25, 0.3) is 0 Å². The number of benzene rings is 1. The highest BCUT2D eigenvalue weighted by molar-refractivity contribution is 9.10. The van der Waals surface area contributed by atoms with Crippen LogP contribution < -0.4 is 5.32 Å². The Balaban J connectivity index is 2.41. The minimum absolute atomic E-state index is 0.217. The number of aryl methyl sites for hydroxylation is 1. The lowest BCUT2D eigenvalue weighted by Gasteiger charge is -2.31. The molecule has 0 spiro atoms. The van der Waals surface area contributed by atoms with E-state index < -0.39 is 16.1 Å². The third kappa shape index (κ3) is 2.68. The number of carbonyl (C=O) groups is 1. The zero-order valence-corrected chi connectivity index (χ0v) is 13.1. The van der Waals surface area contributed by atoms with Gasteiger partial charge >= 0.3 is 0 Å². The molecule has 1 atom stereocenters. The Morgan fingerprint density at radius 2 is 2.11 bits per heavy atom. The van der Waals surface area contributed by atoms with Crippen molar-refractivity contribution in [3.8, 4) is 0 Å². The zero-order valence-electron chi connectivity index (χ0n) is 10.7. The molecular weight excluding hydrogens is 332 g/mol. The molecule has 0 aromatic heterocycles. The molecule has 0 saturated carbocycles. The molecular formula is C12H15BrN2O3S. The molecule has 1 aliphatic heterocycles. The summed E-state index contributed by atoms with van der Waals surface area (Å²) in [5.41, 5.74) is 0.843. The van der Waals surface area contributed by atoms with Crippen molar-refractivity contribution in [2.45, 2.75) is 24.8 Å². The smallest absolute Gasteiger partial charge is 0.243 e. The molecule has 1 heterocycles. The van der Waals surface area contributed by atoms with Crippen LogP contribution in [-0.4, -0.2) is 37.8 Å². The summed E-state index contributed by atoms with van der Waals surface area (Å²) in [5.74, 6) is -0.261. The zero-order chi connectivity index (χ0) is 14.2. The quantitative estimate of drug-likeness (QED) is 0.876. The summed E-state index contributed by atoms with van der Waals surface area (Å²) in [5, 5.41) is 2.65. The van der Waals surface area contributed by atoms with Gasteiger partial charge in [-0.1, -0.05) is 15.9 Å². The van der Waals surface area contributed by atoms with Crippen molar-refractivity contribution in [1.82, 2.24) is 9.62 Å². The van der Waals surface area contributed by atoms with E-state index in [9.17, 15) is 13.2 Å². The molecule has 19 heavy (non-hydrogen) atoms. The van der Waals surface area contributed by atoms with Crippen LogP contribution in [-0.2, 0) is 14.8 Å². The number of rotatable bonds is 2. The number of hydrogen-bond acceptors (Lipinski definition) is 3. The molecule has 7 heteroatoms. The molecule has 1 saturated heterocycles. The van der Waals surface area contributed by atoms with Gasteiger partial charge in [0.2, 0.25) is 15.9 Å². The van der Waals surface area contributed by atoms with Crippen molar-refractivity contribution in [2.75, 3.05) is 13.1 Å². The summed E-state index contributed by atoms with van der Waals surface area (Å²) in [4.78, 5) is 11.8. The number of amides is 1. The first-order chi connectivity index (χ1) is 8.84. The van der Waals surface area contributed by atoms with Gasteiger partial charge in [-0.3, -0.25) is 4.79 Å².